The van der Waals surface area contributed by atoms with E-state index in [-0.39, 0.29) is 17.2 Å². The third-order valence-electron chi connectivity index (χ3n) is 2.20. The fraction of sp³-hybridized carbons (Fsp3) is 0.500. The molecule has 1 heterocycles. The summed E-state index contributed by atoms with van der Waals surface area (Å²) in [5.41, 5.74) is 0.0140. The molecule has 6 nitrogen and oxygen atoms in total. The molecule has 0 saturated heterocycles. The van der Waals surface area contributed by atoms with E-state index in [1.165, 1.54) is 17.9 Å². The number of hydrogen-bond donors (Lipinski definition) is 2. The topological polar surface area (TPSA) is 84.2 Å². The third kappa shape index (κ3) is 2.59. The zero-order valence-corrected chi connectivity index (χ0v) is 9.36. The van der Waals surface area contributed by atoms with Gasteiger partial charge in [0.25, 0.3) is 5.91 Å². The van der Waals surface area contributed by atoms with Gasteiger partial charge in [-0.25, -0.2) is 4.79 Å². The third-order valence-corrected chi connectivity index (χ3v) is 2.20. The molecule has 1 aromatic rings. The lowest BCUT2D eigenvalue weighted by Crippen LogP contribution is -2.26. The van der Waals surface area contributed by atoms with E-state index in [4.69, 9.17) is 5.11 Å². The van der Waals surface area contributed by atoms with Crippen LogP contribution in [0.2, 0.25) is 0 Å². The van der Waals surface area contributed by atoms with Gasteiger partial charge >= 0.3 is 5.97 Å². The Morgan fingerprint density at radius 2 is 2.25 bits per heavy atom. The lowest BCUT2D eigenvalue weighted by atomic mass is 10.2. The van der Waals surface area contributed by atoms with Crippen LogP contribution in [0.4, 0.5) is 0 Å². The van der Waals surface area contributed by atoms with E-state index >= 15 is 0 Å². The normalized spacial score (nSPS) is 10.1. The second-order valence-electron chi connectivity index (χ2n) is 3.45. The van der Waals surface area contributed by atoms with E-state index in [0.717, 1.165) is 12.8 Å². The van der Waals surface area contributed by atoms with E-state index in [1.54, 1.807) is 0 Å². The molecule has 0 aliphatic carbocycles. The lowest BCUT2D eigenvalue weighted by Gasteiger charge is -2.03. The number of hydrogen-bond acceptors (Lipinski definition) is 3. The predicted octanol–water partition coefficient (Wildman–Crippen LogP) is 0.648. The molecule has 0 saturated carbocycles. The van der Waals surface area contributed by atoms with Crippen LogP contribution in [0.15, 0.2) is 6.20 Å². The Balaban J connectivity index is 2.79. The van der Waals surface area contributed by atoms with Crippen LogP contribution in [-0.2, 0) is 7.05 Å². The number of unbranched alkanes of at least 4 members (excludes halogenated alkanes) is 1. The van der Waals surface area contributed by atoms with Crippen LogP contribution in [-0.4, -0.2) is 33.3 Å². The van der Waals surface area contributed by atoms with E-state index in [0.29, 0.717) is 6.54 Å². The lowest BCUT2D eigenvalue weighted by molar-refractivity contribution is 0.0679. The molecule has 0 unspecified atom stereocenters. The van der Waals surface area contributed by atoms with Crippen molar-refractivity contribution >= 4 is 11.9 Å². The van der Waals surface area contributed by atoms with Gasteiger partial charge in [-0.05, 0) is 6.42 Å². The zero-order valence-electron chi connectivity index (χ0n) is 9.36. The van der Waals surface area contributed by atoms with Crippen LogP contribution in [0.3, 0.4) is 0 Å². The van der Waals surface area contributed by atoms with Crippen molar-refractivity contribution in [2.75, 3.05) is 6.54 Å². The molecule has 0 fully saturated rings. The maximum absolute atomic E-state index is 11.6. The number of nitrogens with one attached hydrogen (secondary N) is 1. The summed E-state index contributed by atoms with van der Waals surface area (Å²) in [5.74, 6) is -1.54. The largest absolute Gasteiger partial charge is 0.477 e. The van der Waals surface area contributed by atoms with Crippen LogP contribution in [0.25, 0.3) is 0 Å². The molecule has 0 bridgehead atoms. The Hall–Kier alpha value is -1.85. The second-order valence-corrected chi connectivity index (χ2v) is 3.45. The molecule has 2 N–H and O–H groups in total. The van der Waals surface area contributed by atoms with Gasteiger partial charge in [-0.3, -0.25) is 9.48 Å². The van der Waals surface area contributed by atoms with Gasteiger partial charge in [-0.2, -0.15) is 5.10 Å². The van der Waals surface area contributed by atoms with Crippen molar-refractivity contribution < 1.29 is 14.7 Å². The first-order chi connectivity index (χ1) is 7.57. The van der Waals surface area contributed by atoms with Crippen LogP contribution < -0.4 is 5.32 Å². The average molecular weight is 225 g/mol. The van der Waals surface area contributed by atoms with Gasteiger partial charge in [-0.15, -0.1) is 0 Å². The Morgan fingerprint density at radius 3 is 2.81 bits per heavy atom. The molecule has 16 heavy (non-hydrogen) atoms. The number of carbonyl (C=O) groups is 2. The number of carbonyl (C=O) groups excluding carboxylic acids is 1. The number of carboxylic acids is 1. The van der Waals surface area contributed by atoms with Gasteiger partial charge in [0.1, 0.15) is 0 Å². The van der Waals surface area contributed by atoms with Crippen molar-refractivity contribution in [1.82, 2.24) is 15.1 Å². The average Bonchev–Trinajstić information content (AvgIpc) is 2.60. The molecule has 1 aromatic heterocycles. The molecule has 0 atom stereocenters. The molecule has 1 amide bonds. The summed E-state index contributed by atoms with van der Waals surface area (Å²) in [7, 11) is 1.49. The van der Waals surface area contributed by atoms with Crippen molar-refractivity contribution in [3.8, 4) is 0 Å². The minimum atomic E-state index is -1.15. The highest BCUT2D eigenvalue weighted by Crippen LogP contribution is 2.07. The van der Waals surface area contributed by atoms with Gasteiger partial charge in [0.2, 0.25) is 0 Å². The fourth-order valence-electron chi connectivity index (χ4n) is 1.33. The second kappa shape index (κ2) is 5.29. The Labute approximate surface area is 93.3 Å². The first kappa shape index (κ1) is 12.2. The van der Waals surface area contributed by atoms with Gasteiger partial charge in [0.15, 0.2) is 5.69 Å². The molecule has 0 spiro atoms. The number of carboxylic acid groups (broad SMARTS) is 1. The van der Waals surface area contributed by atoms with Crippen LogP contribution in [0.1, 0.15) is 40.6 Å². The van der Waals surface area contributed by atoms with Crippen molar-refractivity contribution in [2.45, 2.75) is 19.8 Å². The summed E-state index contributed by atoms with van der Waals surface area (Å²) in [6.45, 7) is 2.56. The van der Waals surface area contributed by atoms with Crippen LogP contribution in [0.5, 0.6) is 0 Å². The maximum Gasteiger partial charge on any atom is 0.354 e. The standard InChI is InChI=1S/C10H15N3O3/c1-3-4-5-11-9(14)7-6-12-13(2)8(7)10(15)16/h6H,3-5H2,1-2H3,(H,11,14)(H,15,16). The van der Waals surface area contributed by atoms with Gasteiger partial charge in [0.05, 0.1) is 11.8 Å². The monoisotopic (exact) mass is 225 g/mol. The molecule has 88 valence electrons. The number of rotatable bonds is 5. The van der Waals surface area contributed by atoms with Gasteiger partial charge in [-0.1, -0.05) is 13.3 Å². The molecule has 1 rings (SSSR count). The molecule has 0 radical (unpaired) electrons. The molecular weight excluding hydrogens is 210 g/mol. The van der Waals surface area contributed by atoms with Gasteiger partial charge in [0, 0.05) is 13.6 Å². The maximum atomic E-state index is 11.6. The first-order valence-electron chi connectivity index (χ1n) is 5.11. The van der Waals surface area contributed by atoms with E-state index in [2.05, 4.69) is 10.4 Å². The van der Waals surface area contributed by atoms with Gasteiger partial charge < -0.3 is 10.4 Å². The number of aromatic nitrogens is 2. The summed E-state index contributed by atoms with van der Waals surface area (Å²) >= 11 is 0. The first-order valence-corrected chi connectivity index (χ1v) is 5.11. The minimum absolute atomic E-state index is 0.0889. The van der Waals surface area contributed by atoms with Crippen molar-refractivity contribution in [1.29, 1.82) is 0 Å². The zero-order chi connectivity index (χ0) is 12.1. The number of aryl methyl sites for hydroxylation is 1. The van der Waals surface area contributed by atoms with Crippen LogP contribution >= 0.6 is 0 Å². The highest BCUT2D eigenvalue weighted by Gasteiger charge is 2.20. The number of amides is 1. The molecule has 0 aromatic carbocycles. The van der Waals surface area contributed by atoms with E-state index in [9.17, 15) is 9.59 Å². The summed E-state index contributed by atoms with van der Waals surface area (Å²) in [6.07, 6.45) is 3.11. The molecule has 6 heteroatoms. The SMILES string of the molecule is CCCCNC(=O)c1cnn(C)c1C(=O)O. The fourth-order valence-corrected chi connectivity index (χ4v) is 1.33. The van der Waals surface area contributed by atoms with Crippen molar-refractivity contribution in [3.63, 3.8) is 0 Å². The number of aromatic carboxylic acids is 1. The predicted molar refractivity (Wildman–Crippen MR) is 57.4 cm³/mol. The molecule has 0 aliphatic heterocycles. The highest BCUT2D eigenvalue weighted by atomic mass is 16.4. The Bertz CT molecular complexity index is 398. The van der Waals surface area contributed by atoms with E-state index < -0.39 is 5.97 Å². The highest BCUT2D eigenvalue weighted by molar-refractivity contribution is 6.03. The Morgan fingerprint density at radius 1 is 1.56 bits per heavy atom. The summed E-state index contributed by atoms with van der Waals surface area (Å²) in [5, 5.41) is 15.3. The smallest absolute Gasteiger partial charge is 0.354 e. The summed E-state index contributed by atoms with van der Waals surface area (Å²) in [6, 6.07) is 0. The van der Waals surface area contributed by atoms with E-state index in [1.807, 2.05) is 6.92 Å². The minimum Gasteiger partial charge on any atom is -0.477 e. The summed E-state index contributed by atoms with van der Waals surface area (Å²) < 4.78 is 1.18. The van der Waals surface area contributed by atoms with Crippen molar-refractivity contribution in [3.05, 3.63) is 17.5 Å². The Kier molecular flexibility index (Phi) is 4.04. The number of nitrogens with zero attached hydrogens (tertiary/aromatic N) is 2. The van der Waals surface area contributed by atoms with Crippen molar-refractivity contribution in [2.24, 2.45) is 7.05 Å². The molecular formula is C10H15N3O3. The van der Waals surface area contributed by atoms with Crippen LogP contribution in [0, 0.1) is 0 Å². The molecule has 0 aliphatic rings. The quantitative estimate of drug-likeness (QED) is 0.720. The summed E-state index contributed by atoms with van der Waals surface area (Å²) in [4.78, 5) is 22.5.